The summed E-state index contributed by atoms with van der Waals surface area (Å²) in [6.45, 7) is 4.62. The molecule has 0 aliphatic heterocycles. The van der Waals surface area contributed by atoms with Gasteiger partial charge >= 0.3 is 0 Å². The molecule has 26 heavy (non-hydrogen) atoms. The topological polar surface area (TPSA) is 20.2 Å². The van der Waals surface area contributed by atoms with Gasteiger partial charge < -0.3 is 5.11 Å². The van der Waals surface area contributed by atoms with Crippen LogP contribution in [0.4, 0.5) is 0 Å². The zero-order valence-corrected chi connectivity index (χ0v) is 17.8. The lowest BCUT2D eigenvalue weighted by Crippen LogP contribution is -2.07. The van der Waals surface area contributed by atoms with E-state index in [4.69, 9.17) is 5.11 Å². The van der Waals surface area contributed by atoms with Crippen molar-refractivity contribution in [1.29, 1.82) is 0 Å². The van der Waals surface area contributed by atoms with Gasteiger partial charge in [0.25, 0.3) is 0 Å². The van der Waals surface area contributed by atoms with E-state index >= 15 is 0 Å². The van der Waals surface area contributed by atoms with Gasteiger partial charge in [-0.15, -0.1) is 0 Å². The van der Waals surface area contributed by atoms with Crippen LogP contribution in [0.15, 0.2) is 60.8 Å². The van der Waals surface area contributed by atoms with Gasteiger partial charge in [-0.3, -0.25) is 0 Å². The van der Waals surface area contributed by atoms with Gasteiger partial charge in [-0.1, -0.05) is 74.6 Å². The van der Waals surface area contributed by atoms with Crippen molar-refractivity contribution in [3.05, 3.63) is 60.8 Å². The van der Waals surface area contributed by atoms with Gasteiger partial charge in [0.15, 0.2) is 0 Å². The highest BCUT2D eigenvalue weighted by Gasteiger charge is 2.03. The molecule has 0 aromatic carbocycles. The Kier molecular flexibility index (Phi) is 21.2. The summed E-state index contributed by atoms with van der Waals surface area (Å²) in [5.41, 5.74) is 0. The Morgan fingerprint density at radius 1 is 0.692 bits per heavy atom. The van der Waals surface area contributed by atoms with E-state index in [1.807, 2.05) is 11.8 Å². The largest absolute Gasteiger partial charge is 0.395 e. The number of hydrogen-bond donors (Lipinski definition) is 1. The van der Waals surface area contributed by atoms with E-state index in [1.165, 1.54) is 25.0 Å². The van der Waals surface area contributed by atoms with Crippen molar-refractivity contribution in [2.24, 2.45) is 0 Å². The molecule has 0 spiro atoms. The summed E-state index contributed by atoms with van der Waals surface area (Å²) in [5, 5.41) is 9.56. The highest BCUT2D eigenvalue weighted by Crippen LogP contribution is 2.16. The molecule has 0 fully saturated rings. The molecule has 0 aliphatic rings. The molecule has 0 heterocycles. The van der Waals surface area contributed by atoms with Crippen LogP contribution in [0.3, 0.4) is 0 Å². The number of allylic oxidation sites excluding steroid dienone is 10. The highest BCUT2D eigenvalue weighted by molar-refractivity contribution is 7.99. The average Bonchev–Trinajstić information content (AvgIpc) is 2.66. The van der Waals surface area contributed by atoms with Gasteiger partial charge in [0.2, 0.25) is 0 Å². The molecule has 0 saturated heterocycles. The zero-order chi connectivity index (χ0) is 19.1. The Balaban J connectivity index is 3.45. The summed E-state index contributed by atoms with van der Waals surface area (Å²) in [7, 11) is 0. The van der Waals surface area contributed by atoms with Crippen molar-refractivity contribution in [1.82, 2.24) is 0 Å². The molecule has 0 bridgehead atoms. The fraction of sp³-hybridized carbons (Fsp3) is 0.583. The van der Waals surface area contributed by atoms with E-state index in [0.717, 1.165) is 38.5 Å². The number of hydrogen-bond acceptors (Lipinski definition) is 2. The molecular formula is C24H40OS. The van der Waals surface area contributed by atoms with Crippen LogP contribution >= 0.6 is 11.8 Å². The third-order valence-corrected chi connectivity index (χ3v) is 5.41. The van der Waals surface area contributed by atoms with Crippen LogP contribution in [0, 0.1) is 0 Å². The van der Waals surface area contributed by atoms with Crippen molar-refractivity contribution in [2.45, 2.75) is 76.9 Å². The number of aliphatic hydroxyl groups excluding tert-OH is 1. The standard InChI is InChI=1S/C24H40OS/c1-3-5-6-7-8-9-10-11-12-13-14-15-16-17-18-19-20-21-22-26-24(4-2)23-25/h5-6,8-9,11-12,14-15,17-18,24-25H,3-4,7,10,13,16,19-23H2,1-2H3/b6-5-,9-8-,12-11-,15-14-,18-17-. The minimum atomic E-state index is 0.315. The molecule has 0 amide bonds. The van der Waals surface area contributed by atoms with E-state index < -0.39 is 0 Å². The van der Waals surface area contributed by atoms with Crippen molar-refractivity contribution in [2.75, 3.05) is 12.4 Å². The average molecular weight is 377 g/mol. The molecule has 0 aromatic rings. The predicted octanol–water partition coefficient (Wildman–Crippen LogP) is 7.41. The summed E-state index contributed by atoms with van der Waals surface area (Å²) in [6, 6.07) is 0. The number of thioether (sulfide) groups is 1. The SMILES string of the molecule is CC/C=C\C/C=C\C/C=C\C/C=C\C/C=C\CCCCSC(CC)CO. The van der Waals surface area contributed by atoms with Gasteiger partial charge in [-0.25, -0.2) is 0 Å². The van der Waals surface area contributed by atoms with Gasteiger partial charge in [0.05, 0.1) is 6.61 Å². The first-order valence-corrected chi connectivity index (χ1v) is 11.4. The molecule has 2 heteroatoms. The first-order valence-electron chi connectivity index (χ1n) is 10.3. The maximum atomic E-state index is 9.13. The highest BCUT2D eigenvalue weighted by atomic mass is 32.2. The van der Waals surface area contributed by atoms with E-state index in [0.29, 0.717) is 11.9 Å². The summed E-state index contributed by atoms with van der Waals surface area (Å²) in [5.74, 6) is 1.17. The smallest absolute Gasteiger partial charge is 0.0549 e. The van der Waals surface area contributed by atoms with Crippen molar-refractivity contribution in [3.8, 4) is 0 Å². The summed E-state index contributed by atoms with van der Waals surface area (Å²) >= 11 is 1.91. The molecule has 0 radical (unpaired) electrons. The normalized spacial score (nSPS) is 14.1. The molecule has 1 atom stereocenters. The second-order valence-corrected chi connectivity index (χ2v) is 7.70. The van der Waals surface area contributed by atoms with E-state index in [-0.39, 0.29) is 0 Å². The second-order valence-electron chi connectivity index (χ2n) is 6.29. The summed E-state index contributed by atoms with van der Waals surface area (Å²) in [4.78, 5) is 0. The molecule has 148 valence electrons. The molecular weight excluding hydrogens is 336 g/mol. The molecule has 1 N–H and O–H groups in total. The van der Waals surface area contributed by atoms with Crippen molar-refractivity contribution in [3.63, 3.8) is 0 Å². The molecule has 0 rings (SSSR count). The maximum Gasteiger partial charge on any atom is 0.0549 e. The fourth-order valence-electron chi connectivity index (χ4n) is 2.28. The van der Waals surface area contributed by atoms with Gasteiger partial charge in [-0.2, -0.15) is 11.8 Å². The predicted molar refractivity (Wildman–Crippen MR) is 122 cm³/mol. The van der Waals surface area contributed by atoms with Crippen LogP contribution in [0.5, 0.6) is 0 Å². The summed E-state index contributed by atoms with van der Waals surface area (Å²) < 4.78 is 0. The van der Waals surface area contributed by atoms with Gasteiger partial charge in [-0.05, 0) is 63.5 Å². The van der Waals surface area contributed by atoms with Crippen molar-refractivity contribution < 1.29 is 5.11 Å². The Labute approximate surface area is 167 Å². The first kappa shape index (κ1) is 25.0. The van der Waals surface area contributed by atoms with Gasteiger partial charge in [0, 0.05) is 5.25 Å². The Hall–Kier alpha value is -0.990. The van der Waals surface area contributed by atoms with Crippen LogP contribution in [-0.2, 0) is 0 Å². The molecule has 0 aromatic heterocycles. The van der Waals surface area contributed by atoms with Crippen LogP contribution in [0.2, 0.25) is 0 Å². The van der Waals surface area contributed by atoms with Crippen LogP contribution < -0.4 is 0 Å². The van der Waals surface area contributed by atoms with Crippen molar-refractivity contribution >= 4 is 11.8 Å². The molecule has 0 saturated carbocycles. The molecule has 1 unspecified atom stereocenters. The number of rotatable bonds is 17. The minimum Gasteiger partial charge on any atom is -0.395 e. The monoisotopic (exact) mass is 376 g/mol. The Morgan fingerprint density at radius 3 is 1.65 bits per heavy atom. The summed E-state index contributed by atoms with van der Waals surface area (Å²) in [6.07, 6.45) is 32.4. The Morgan fingerprint density at radius 2 is 1.19 bits per heavy atom. The lowest BCUT2D eigenvalue weighted by molar-refractivity contribution is 0.292. The quantitative estimate of drug-likeness (QED) is 0.211. The third-order valence-electron chi connectivity index (χ3n) is 3.94. The lowest BCUT2D eigenvalue weighted by Gasteiger charge is -2.09. The fourth-order valence-corrected chi connectivity index (χ4v) is 3.33. The lowest BCUT2D eigenvalue weighted by atomic mass is 10.2. The number of unbranched alkanes of at least 4 members (excludes halogenated alkanes) is 2. The van der Waals surface area contributed by atoms with Crippen LogP contribution in [-0.4, -0.2) is 22.7 Å². The molecule has 0 aliphatic carbocycles. The molecule has 1 nitrogen and oxygen atoms in total. The van der Waals surface area contributed by atoms with Gasteiger partial charge in [0.1, 0.15) is 0 Å². The number of aliphatic hydroxyl groups is 1. The van der Waals surface area contributed by atoms with E-state index in [9.17, 15) is 0 Å². The first-order chi connectivity index (χ1) is 12.8. The maximum absolute atomic E-state index is 9.13. The Bertz CT molecular complexity index is 414. The minimum absolute atomic E-state index is 0.315. The van der Waals surface area contributed by atoms with E-state index in [1.54, 1.807) is 0 Å². The van der Waals surface area contributed by atoms with Crippen LogP contribution in [0.25, 0.3) is 0 Å². The second kappa shape index (κ2) is 22.1. The zero-order valence-electron chi connectivity index (χ0n) is 17.0. The van der Waals surface area contributed by atoms with E-state index in [2.05, 4.69) is 74.6 Å². The van der Waals surface area contributed by atoms with Crippen LogP contribution in [0.1, 0.15) is 71.6 Å². The third kappa shape index (κ3) is 19.3.